The van der Waals surface area contributed by atoms with E-state index in [1.807, 2.05) is 28.9 Å². The number of aromatic hydroxyl groups is 1. The van der Waals surface area contributed by atoms with Crippen LogP contribution in [0.25, 0.3) is 0 Å². The van der Waals surface area contributed by atoms with E-state index in [1.165, 1.54) is 16.8 Å². The van der Waals surface area contributed by atoms with Crippen LogP contribution >= 0.6 is 19.8 Å². The van der Waals surface area contributed by atoms with Crippen molar-refractivity contribution in [1.29, 1.82) is 0.832 Å². The molecular weight excluding hydrogens is 620 g/mol. The van der Waals surface area contributed by atoms with Gasteiger partial charge in [0.1, 0.15) is 0 Å². The summed E-state index contributed by atoms with van der Waals surface area (Å²) in [5.74, 6) is 2.12. The maximum atomic E-state index is 7.63. The third kappa shape index (κ3) is 8.41. The van der Waals surface area contributed by atoms with E-state index >= 15 is 0 Å². The van der Waals surface area contributed by atoms with E-state index in [2.05, 4.69) is 121 Å². The monoisotopic (exact) mass is 668 g/mol. The van der Waals surface area contributed by atoms with Gasteiger partial charge in [-0.25, -0.2) is 0 Å². The van der Waals surface area contributed by atoms with Crippen molar-refractivity contribution in [3.63, 3.8) is 0 Å². The number of ether oxygens (including phenoxy) is 1. The molecule has 1 heterocycles. The molecule has 0 aromatic heterocycles. The molecule has 3 nitrogen and oxygen atoms in total. The number of hydrogen-bond donors (Lipinski definition) is 0. The normalized spacial score (nSPS) is 16.7. The molecule has 0 aliphatic carbocycles. The van der Waals surface area contributed by atoms with Gasteiger partial charge < -0.3 is 9.80 Å². The van der Waals surface area contributed by atoms with E-state index < -0.39 is 13.0 Å². The van der Waals surface area contributed by atoms with Gasteiger partial charge in [-0.15, -0.1) is 0 Å². The number of nitrogens with zero attached hydrogens (tertiary/aromatic N) is 2. The van der Waals surface area contributed by atoms with Crippen LogP contribution in [0.3, 0.4) is 0 Å². The molecule has 0 unspecified atom stereocenters. The van der Waals surface area contributed by atoms with E-state index in [0.29, 0.717) is 17.9 Å². The number of aliphatic hydroxyl groups is 1. The average Bonchev–Trinajstić information content (AvgIpc) is 3.25. The number of hydrogen-bond acceptors (Lipinski definition) is 2. The Morgan fingerprint density at radius 1 is 0.971 bits per heavy atom. The molecule has 192 valence electrons. The van der Waals surface area contributed by atoms with Crippen LogP contribution in [0.1, 0.15) is 90.8 Å². The van der Waals surface area contributed by atoms with Gasteiger partial charge in [-0.05, 0) is 55.8 Å². The van der Waals surface area contributed by atoms with Crippen LogP contribution in [-0.4, -0.2) is 39.8 Å². The molecule has 1 saturated heterocycles. The summed E-state index contributed by atoms with van der Waals surface area (Å²) in [6.07, 6.45) is 0.310. The second kappa shape index (κ2) is 13.5. The van der Waals surface area contributed by atoms with Gasteiger partial charge in [-0.2, -0.15) is 6.67 Å². The van der Waals surface area contributed by atoms with Crippen LogP contribution in [-0.2, 0) is 13.0 Å². The molecule has 3 rings (SSSR count). The number of rotatable bonds is 6. The Morgan fingerprint density at radius 3 is 2.03 bits per heavy atom. The summed E-state index contributed by atoms with van der Waals surface area (Å²) in [5.41, 5.74) is 5.68. The van der Waals surface area contributed by atoms with E-state index in [1.54, 1.807) is 0 Å². The molecule has 2 aromatic rings. The molecule has 1 aliphatic heterocycles. The topological polar surface area (TPSA) is 19.3 Å². The average molecular weight is 668 g/mol. The fraction of sp³-hybridized carbons (Fsp3) is 0.517. The second-order valence-electron chi connectivity index (χ2n) is 10.7. The molecule has 1 N–H and O–H groups in total. The Kier molecular flexibility index (Phi) is 11.0. The zero-order valence-corrected chi connectivity index (χ0v) is 26.3. The first-order chi connectivity index (χ1) is 16.3. The third-order valence-corrected chi connectivity index (χ3v) is 7.87. The van der Waals surface area contributed by atoms with Gasteiger partial charge in [0, 0.05) is 12.2 Å². The van der Waals surface area contributed by atoms with Gasteiger partial charge in [0.2, 0.25) is 0 Å². The number of para-hydroxylation sites is 2. The Hall–Kier alpha value is -0.777. The molecule has 0 atom stereocenters. The third-order valence-electron chi connectivity index (χ3n) is 5.83. The van der Waals surface area contributed by atoms with Crippen molar-refractivity contribution < 1.29 is 17.7 Å². The fourth-order valence-electron chi connectivity index (χ4n) is 4.03. The molecule has 0 amide bonds. The first kappa shape index (κ1) is 27.8. The summed E-state index contributed by atoms with van der Waals surface area (Å²) >= 11 is 0.734. The minimum absolute atomic E-state index is 0.194. The van der Waals surface area contributed by atoms with Crippen LogP contribution in [0.5, 0.6) is 5.75 Å². The second-order valence-corrected chi connectivity index (χ2v) is 14.2. The Balaban J connectivity index is 0.000000269. The predicted octanol–water partition coefficient (Wildman–Crippen LogP) is 7.62. The molecule has 0 saturated carbocycles. The van der Waals surface area contributed by atoms with Crippen LogP contribution in [0.15, 0.2) is 42.5 Å². The Bertz CT molecular complexity index is 955. The van der Waals surface area contributed by atoms with Crippen molar-refractivity contribution in [1.82, 2.24) is 4.90 Å². The molecule has 0 radical (unpaired) electrons. The van der Waals surface area contributed by atoms with E-state index in [9.17, 15) is 0 Å². The van der Waals surface area contributed by atoms with Crippen LogP contribution in [0, 0.1) is 6.67 Å². The standard InChI is InChI=1S/C19H31N2.C10H12O.HI.Ru.H/c1-14(2)16-9-8-10-17(15(3)4)18(16)20-11-12-21(13-20)19(5,6)7;1-8(2)11-10-7-5-4-6-9(10)3;;;/h8-10,13-15H,11-12H2,1-7H3;3-8H,1-2H3;1H;;/q-1;;;+1;/i;;;;1+2. The SMILES string of the molecule is CC(C)c1cccc(C(C)C)c1N1[CH-]N(C(C)(C)C)CC1.[3H]/[Ru]([I])=[CH]\c1ccccc1[OH+]C(C)C. The van der Waals surface area contributed by atoms with Gasteiger partial charge in [0.05, 0.1) is 0 Å². The van der Waals surface area contributed by atoms with Crippen molar-refractivity contribution in [3.8, 4) is 5.75 Å². The van der Waals surface area contributed by atoms with Crippen LogP contribution < -0.4 is 4.90 Å². The molecule has 0 spiro atoms. The summed E-state index contributed by atoms with van der Waals surface area (Å²) in [4.78, 5) is 4.92. The molecule has 2 aromatic carbocycles. The number of halogens is 1. The van der Waals surface area contributed by atoms with E-state index in [4.69, 9.17) is 0.832 Å². The molecule has 5 heteroatoms. The van der Waals surface area contributed by atoms with Crippen molar-refractivity contribution >= 4 is 30.0 Å². The summed E-state index contributed by atoms with van der Waals surface area (Å²) in [7, 11) is 0. The Morgan fingerprint density at radius 2 is 1.56 bits per heavy atom. The van der Waals surface area contributed by atoms with Gasteiger partial charge in [0.25, 0.3) is 0 Å². The van der Waals surface area contributed by atoms with Crippen LogP contribution in [0.2, 0.25) is 0 Å². The van der Waals surface area contributed by atoms with Crippen molar-refractivity contribution in [2.24, 2.45) is 0 Å². The van der Waals surface area contributed by atoms with E-state index in [0.717, 1.165) is 24.4 Å². The van der Waals surface area contributed by atoms with Crippen molar-refractivity contribution in [2.75, 3.05) is 18.0 Å². The molecule has 1 aliphatic rings. The van der Waals surface area contributed by atoms with Gasteiger partial charge >= 0.3 is 98.5 Å². The Labute approximate surface area is 227 Å². The molecule has 34 heavy (non-hydrogen) atoms. The van der Waals surface area contributed by atoms with Gasteiger partial charge in [-0.3, -0.25) is 0 Å². The van der Waals surface area contributed by atoms with E-state index in [-0.39, 0.29) is 5.54 Å². The molecular formula is C29H45IN2ORu. The van der Waals surface area contributed by atoms with Gasteiger partial charge in [-0.1, -0.05) is 45.9 Å². The van der Waals surface area contributed by atoms with Crippen molar-refractivity contribution in [3.05, 3.63) is 65.8 Å². The van der Waals surface area contributed by atoms with Gasteiger partial charge in [0.15, 0.2) is 0 Å². The zero-order valence-electron chi connectivity index (χ0n) is 23.4. The maximum absolute atomic E-state index is 7.63. The fourth-order valence-corrected chi connectivity index (χ4v) is 6.06. The molecule has 1 fully saturated rings. The van der Waals surface area contributed by atoms with Crippen molar-refractivity contribution in [2.45, 2.75) is 85.8 Å². The summed E-state index contributed by atoms with van der Waals surface area (Å²) in [6, 6.07) is 14.8. The number of benzene rings is 2. The zero-order chi connectivity index (χ0) is 26.3. The molecule has 0 bridgehead atoms. The quantitative estimate of drug-likeness (QED) is 0.137. The number of anilines is 1. The first-order valence-corrected chi connectivity index (χ1v) is 18.5. The first-order valence-electron chi connectivity index (χ1n) is 12.7. The summed E-state index contributed by atoms with van der Waals surface area (Å²) < 4.78 is 14.2. The van der Waals surface area contributed by atoms with Crippen LogP contribution in [0.4, 0.5) is 5.69 Å². The minimum atomic E-state index is -1.47. The summed E-state index contributed by atoms with van der Waals surface area (Å²) in [5, 5.41) is 0. The summed E-state index contributed by atoms with van der Waals surface area (Å²) in [6.45, 7) is 24.7. The predicted molar refractivity (Wildman–Crippen MR) is 157 cm³/mol.